The van der Waals surface area contributed by atoms with E-state index in [0.717, 1.165) is 33.9 Å². The Hall–Kier alpha value is -6.16. The van der Waals surface area contributed by atoms with Crippen molar-refractivity contribution >= 4 is 63.8 Å². The SMILES string of the molecule is c1ccc(-c2ccc(-c3cc(-c4ccc5c(c4)c4ccccc4c4cc6sc7ccccc7c6cc54)nc(-c4ccccc4)n3)cc2)cc1. The Labute approximate surface area is 287 Å². The van der Waals surface area contributed by atoms with Gasteiger partial charge in [0.25, 0.3) is 0 Å². The van der Waals surface area contributed by atoms with Gasteiger partial charge in [0.05, 0.1) is 11.4 Å². The third-order valence-electron chi connectivity index (χ3n) is 9.68. The van der Waals surface area contributed by atoms with Crippen LogP contribution >= 0.6 is 11.3 Å². The fraction of sp³-hybridized carbons (Fsp3) is 0. The molecule has 0 amide bonds. The van der Waals surface area contributed by atoms with Crippen LogP contribution in [0.1, 0.15) is 0 Å². The van der Waals surface area contributed by atoms with Gasteiger partial charge in [-0.25, -0.2) is 9.97 Å². The molecule has 0 radical (unpaired) electrons. The van der Waals surface area contributed by atoms with Crippen LogP contribution in [-0.4, -0.2) is 9.97 Å². The largest absolute Gasteiger partial charge is 0.228 e. The van der Waals surface area contributed by atoms with Crippen LogP contribution in [0, 0.1) is 0 Å². The second kappa shape index (κ2) is 11.2. The molecular formula is C46H28N2S. The number of rotatable bonds is 4. The molecule has 10 aromatic rings. The molecule has 8 aromatic carbocycles. The lowest BCUT2D eigenvalue weighted by Crippen LogP contribution is -1.96. The second-order valence-electron chi connectivity index (χ2n) is 12.6. The topological polar surface area (TPSA) is 25.8 Å². The van der Waals surface area contributed by atoms with Crippen LogP contribution in [0.15, 0.2) is 170 Å². The molecule has 0 aliphatic heterocycles. The molecule has 228 valence electrons. The van der Waals surface area contributed by atoms with E-state index in [9.17, 15) is 0 Å². The molecule has 10 rings (SSSR count). The van der Waals surface area contributed by atoms with Gasteiger partial charge in [-0.1, -0.05) is 140 Å². The van der Waals surface area contributed by atoms with Gasteiger partial charge in [-0.05, 0) is 73.8 Å². The molecule has 3 heteroatoms. The smallest absolute Gasteiger partial charge is 0.160 e. The molecule has 0 aliphatic carbocycles. The molecule has 2 heterocycles. The van der Waals surface area contributed by atoms with Crippen molar-refractivity contribution in [3.63, 3.8) is 0 Å². The molecule has 2 nitrogen and oxygen atoms in total. The van der Waals surface area contributed by atoms with Crippen LogP contribution in [0.4, 0.5) is 0 Å². The summed E-state index contributed by atoms with van der Waals surface area (Å²) in [5.74, 6) is 0.718. The van der Waals surface area contributed by atoms with E-state index in [1.165, 1.54) is 63.6 Å². The summed E-state index contributed by atoms with van der Waals surface area (Å²) < 4.78 is 2.65. The summed E-state index contributed by atoms with van der Waals surface area (Å²) >= 11 is 1.87. The lowest BCUT2D eigenvalue weighted by Gasteiger charge is -2.14. The van der Waals surface area contributed by atoms with Crippen LogP contribution in [0.2, 0.25) is 0 Å². The maximum atomic E-state index is 5.17. The van der Waals surface area contributed by atoms with Crippen LogP contribution in [0.5, 0.6) is 0 Å². The fourth-order valence-electron chi connectivity index (χ4n) is 7.25. The first-order valence-corrected chi connectivity index (χ1v) is 17.4. The molecule has 0 spiro atoms. The number of fused-ring (bicyclic) bond motifs is 9. The summed E-state index contributed by atoms with van der Waals surface area (Å²) in [5, 5.41) is 10.2. The molecular weight excluding hydrogens is 613 g/mol. The zero-order valence-corrected chi connectivity index (χ0v) is 27.3. The summed E-state index contributed by atoms with van der Waals surface area (Å²) in [6.45, 7) is 0. The van der Waals surface area contributed by atoms with Gasteiger partial charge in [0, 0.05) is 36.9 Å². The van der Waals surface area contributed by atoms with Crippen molar-refractivity contribution < 1.29 is 0 Å². The van der Waals surface area contributed by atoms with E-state index in [0.29, 0.717) is 0 Å². The Morgan fingerprint density at radius 2 is 0.796 bits per heavy atom. The fourth-order valence-corrected chi connectivity index (χ4v) is 8.38. The Bertz CT molecular complexity index is 2850. The first-order valence-electron chi connectivity index (χ1n) is 16.6. The number of thiophene rings is 1. The van der Waals surface area contributed by atoms with E-state index in [2.05, 4.69) is 146 Å². The molecule has 0 N–H and O–H groups in total. The van der Waals surface area contributed by atoms with Crippen LogP contribution < -0.4 is 0 Å². The summed E-state index contributed by atoms with van der Waals surface area (Å²) in [6.07, 6.45) is 0. The van der Waals surface area contributed by atoms with Gasteiger partial charge in [-0.15, -0.1) is 11.3 Å². The molecule has 0 saturated carbocycles. The minimum Gasteiger partial charge on any atom is -0.228 e. The number of hydrogen-bond donors (Lipinski definition) is 0. The normalized spacial score (nSPS) is 11.7. The van der Waals surface area contributed by atoms with Crippen molar-refractivity contribution in [2.24, 2.45) is 0 Å². The minimum atomic E-state index is 0.718. The molecule has 0 fully saturated rings. The highest BCUT2D eigenvalue weighted by Crippen LogP contribution is 2.42. The summed E-state index contributed by atoms with van der Waals surface area (Å²) in [4.78, 5) is 10.3. The second-order valence-corrected chi connectivity index (χ2v) is 13.7. The average molecular weight is 641 g/mol. The van der Waals surface area contributed by atoms with Crippen molar-refractivity contribution in [2.75, 3.05) is 0 Å². The van der Waals surface area contributed by atoms with Crippen LogP contribution in [0.3, 0.4) is 0 Å². The maximum Gasteiger partial charge on any atom is 0.160 e. The molecule has 0 unspecified atom stereocenters. The zero-order valence-electron chi connectivity index (χ0n) is 26.5. The number of nitrogens with zero attached hydrogens (tertiary/aromatic N) is 2. The lowest BCUT2D eigenvalue weighted by atomic mass is 9.92. The number of hydrogen-bond acceptors (Lipinski definition) is 3. The Kier molecular flexibility index (Phi) is 6.39. The molecule has 2 aromatic heterocycles. The van der Waals surface area contributed by atoms with Gasteiger partial charge >= 0.3 is 0 Å². The Balaban J connectivity index is 1.18. The standard InChI is InChI=1S/C46H28N2S/c1-3-11-29(12-4-1)30-19-21-31(22-20-30)42-28-43(48-46(47-42)32-13-5-2-6-14-32)33-23-24-36-38(25-33)34-15-7-8-16-35(34)40-27-45-41(26-39(36)40)37-17-9-10-18-44(37)49-45/h1-28H. The van der Waals surface area contributed by atoms with Gasteiger partial charge in [0.15, 0.2) is 5.82 Å². The molecule has 0 bridgehead atoms. The van der Waals surface area contributed by atoms with E-state index in [-0.39, 0.29) is 0 Å². The van der Waals surface area contributed by atoms with Gasteiger partial charge in [-0.2, -0.15) is 0 Å². The van der Waals surface area contributed by atoms with Crippen molar-refractivity contribution in [2.45, 2.75) is 0 Å². The van der Waals surface area contributed by atoms with E-state index in [4.69, 9.17) is 9.97 Å². The predicted octanol–water partition coefficient (Wildman–Crippen LogP) is 13.0. The van der Waals surface area contributed by atoms with Crippen molar-refractivity contribution in [3.05, 3.63) is 170 Å². The van der Waals surface area contributed by atoms with Gasteiger partial charge in [0.2, 0.25) is 0 Å². The highest BCUT2D eigenvalue weighted by atomic mass is 32.1. The highest BCUT2D eigenvalue weighted by molar-refractivity contribution is 7.25. The van der Waals surface area contributed by atoms with Crippen molar-refractivity contribution in [1.29, 1.82) is 0 Å². The van der Waals surface area contributed by atoms with Gasteiger partial charge < -0.3 is 0 Å². The summed E-state index contributed by atoms with van der Waals surface area (Å²) in [7, 11) is 0. The van der Waals surface area contributed by atoms with E-state index < -0.39 is 0 Å². The molecule has 0 saturated heterocycles. The highest BCUT2D eigenvalue weighted by Gasteiger charge is 2.16. The van der Waals surface area contributed by atoms with Crippen molar-refractivity contribution in [1.82, 2.24) is 9.97 Å². The summed E-state index contributed by atoms with van der Waals surface area (Å²) in [6, 6.07) is 60.8. The van der Waals surface area contributed by atoms with E-state index in [1.807, 2.05) is 35.6 Å². The zero-order chi connectivity index (χ0) is 32.3. The summed E-state index contributed by atoms with van der Waals surface area (Å²) in [5.41, 5.74) is 7.32. The monoisotopic (exact) mass is 640 g/mol. The number of benzene rings is 8. The lowest BCUT2D eigenvalue weighted by molar-refractivity contribution is 1.18. The Morgan fingerprint density at radius 1 is 0.286 bits per heavy atom. The number of aromatic nitrogens is 2. The van der Waals surface area contributed by atoms with Crippen LogP contribution in [0.25, 0.3) is 97.5 Å². The molecule has 0 aliphatic rings. The van der Waals surface area contributed by atoms with Gasteiger partial charge in [0.1, 0.15) is 0 Å². The maximum absolute atomic E-state index is 5.17. The van der Waals surface area contributed by atoms with Crippen LogP contribution in [-0.2, 0) is 0 Å². The first-order chi connectivity index (χ1) is 24.3. The molecule has 49 heavy (non-hydrogen) atoms. The first kappa shape index (κ1) is 27.9. The predicted molar refractivity (Wildman–Crippen MR) is 209 cm³/mol. The van der Waals surface area contributed by atoms with Crippen molar-refractivity contribution in [3.8, 4) is 45.0 Å². The third-order valence-corrected chi connectivity index (χ3v) is 10.8. The van der Waals surface area contributed by atoms with E-state index >= 15 is 0 Å². The quantitative estimate of drug-likeness (QED) is 0.179. The van der Waals surface area contributed by atoms with Gasteiger partial charge in [-0.3, -0.25) is 0 Å². The minimum absolute atomic E-state index is 0.718. The third kappa shape index (κ3) is 4.70. The van der Waals surface area contributed by atoms with E-state index in [1.54, 1.807) is 0 Å². The Morgan fingerprint density at radius 3 is 1.53 bits per heavy atom. The molecule has 0 atom stereocenters. The average Bonchev–Trinajstić information content (AvgIpc) is 3.55.